The molecule has 0 rings (SSSR count). The van der Waals surface area contributed by atoms with Crippen molar-refractivity contribution in [2.24, 2.45) is 0 Å². The Morgan fingerprint density at radius 1 is 1.00 bits per heavy atom. The van der Waals surface area contributed by atoms with Crippen molar-refractivity contribution < 1.29 is 35.1 Å². The van der Waals surface area contributed by atoms with E-state index in [1.807, 2.05) is 0 Å². The van der Waals surface area contributed by atoms with Gasteiger partial charge in [0.2, 0.25) is 6.43 Å². The van der Waals surface area contributed by atoms with E-state index in [1.54, 1.807) is 0 Å². The molecule has 0 saturated heterocycles. The third kappa shape index (κ3) is 12.9. The highest BCUT2D eigenvalue weighted by molar-refractivity contribution is 4.85. The molecule has 0 nitrogen and oxygen atoms in total. The summed E-state index contributed by atoms with van der Waals surface area (Å²) in [5.74, 6) is -1.42. The van der Waals surface area contributed by atoms with E-state index < -0.39 is 37.6 Å². The van der Waals surface area contributed by atoms with Crippen LogP contribution in [0.15, 0.2) is 24.6 Å². The molecule has 8 heteroatoms. The molecule has 1 unspecified atom stereocenters. The second-order valence-corrected chi connectivity index (χ2v) is 2.25. The molecule has 0 saturated carbocycles. The van der Waals surface area contributed by atoms with Crippen LogP contribution in [0.25, 0.3) is 0 Å². The number of alkyl halides is 5. The summed E-state index contributed by atoms with van der Waals surface area (Å²) < 4.78 is 88.7. The number of hydrogen-bond acceptors (Lipinski definition) is 0. The van der Waals surface area contributed by atoms with E-state index in [4.69, 9.17) is 0 Å². The molecular formula is C8H8F8. The van der Waals surface area contributed by atoms with Crippen LogP contribution >= 0.6 is 0 Å². The molecular weight excluding hydrogens is 248 g/mol. The normalized spacial score (nSPS) is 14.2. The van der Waals surface area contributed by atoms with E-state index in [1.165, 1.54) is 0 Å². The molecule has 0 aliphatic rings. The molecule has 0 aromatic heterocycles. The third-order valence-electron chi connectivity index (χ3n) is 0.965. The summed E-state index contributed by atoms with van der Waals surface area (Å²) in [6.07, 6.45) is -10.1. The fourth-order valence-electron chi connectivity index (χ4n) is 0.345. The molecule has 16 heavy (non-hydrogen) atoms. The van der Waals surface area contributed by atoms with Gasteiger partial charge in [-0.1, -0.05) is 0 Å². The van der Waals surface area contributed by atoms with Gasteiger partial charge in [0.05, 0.1) is 12.8 Å². The third-order valence-corrected chi connectivity index (χ3v) is 0.965. The zero-order chi connectivity index (χ0) is 13.1. The van der Waals surface area contributed by atoms with Gasteiger partial charge in [-0.05, 0) is 6.08 Å². The molecule has 1 atom stereocenters. The number of allylic oxidation sites excluding steroid dienone is 2. The first-order chi connectivity index (χ1) is 7.34. The average molecular weight is 256 g/mol. The van der Waals surface area contributed by atoms with Crippen LogP contribution in [0, 0.1) is 0 Å². The van der Waals surface area contributed by atoms with Crippen LogP contribution in [0.1, 0.15) is 6.42 Å². The lowest BCUT2D eigenvalue weighted by Crippen LogP contribution is -2.07. The first-order valence-electron chi connectivity index (χ1n) is 3.77. The molecule has 0 N–H and O–H groups in total. The summed E-state index contributed by atoms with van der Waals surface area (Å²) in [5, 5.41) is 0. The van der Waals surface area contributed by atoms with Crippen LogP contribution in [-0.2, 0) is 0 Å². The molecule has 0 radical (unpaired) electrons. The highest BCUT2D eigenvalue weighted by Gasteiger charge is 2.14. The molecule has 96 valence electrons. The zero-order valence-electron chi connectivity index (χ0n) is 7.69. The molecule has 0 aromatic carbocycles. The van der Waals surface area contributed by atoms with Crippen molar-refractivity contribution in [1.82, 2.24) is 0 Å². The van der Waals surface area contributed by atoms with Gasteiger partial charge >= 0.3 is 0 Å². The van der Waals surface area contributed by atoms with Gasteiger partial charge in [0.25, 0.3) is 6.43 Å². The van der Waals surface area contributed by atoms with Crippen molar-refractivity contribution in [3.63, 3.8) is 0 Å². The Balaban J connectivity index is 0. The second kappa shape index (κ2) is 10.4. The monoisotopic (exact) mass is 256 g/mol. The van der Waals surface area contributed by atoms with E-state index in [2.05, 4.69) is 0 Å². The van der Waals surface area contributed by atoms with Crippen molar-refractivity contribution in [3.05, 3.63) is 24.6 Å². The number of hydrogen-bond donors (Lipinski definition) is 0. The Bertz CT molecular complexity index is 210. The fraction of sp³-hybridized carbons (Fsp3) is 0.500. The van der Waals surface area contributed by atoms with Crippen molar-refractivity contribution in [1.29, 1.82) is 0 Å². The molecule has 0 heterocycles. The summed E-state index contributed by atoms with van der Waals surface area (Å²) in [6.45, 7) is 0. The second-order valence-electron chi connectivity index (χ2n) is 2.25. The smallest absolute Gasteiger partial charge is 0.237 e. The summed E-state index contributed by atoms with van der Waals surface area (Å²) >= 11 is 0. The maximum atomic E-state index is 11.4. The van der Waals surface area contributed by atoms with E-state index in [0.29, 0.717) is 0 Å². The predicted molar refractivity (Wildman–Crippen MR) is 42.1 cm³/mol. The molecule has 0 spiro atoms. The SMILES string of the molecule is FC=C(F)CC(F)F.FC=CC(F)C(F)F. The predicted octanol–water partition coefficient (Wildman–Crippen LogP) is 4.49. The lowest BCUT2D eigenvalue weighted by Gasteiger charge is -1.95. The van der Waals surface area contributed by atoms with Gasteiger partial charge in [-0.2, -0.15) is 0 Å². The summed E-state index contributed by atoms with van der Waals surface area (Å²) in [5.41, 5.74) is 0. The molecule has 0 fully saturated rings. The zero-order valence-corrected chi connectivity index (χ0v) is 7.69. The van der Waals surface area contributed by atoms with Crippen LogP contribution in [0.5, 0.6) is 0 Å². The minimum absolute atomic E-state index is 0.157. The van der Waals surface area contributed by atoms with Crippen molar-refractivity contribution >= 4 is 0 Å². The highest BCUT2D eigenvalue weighted by atomic mass is 19.3. The molecule has 0 aliphatic carbocycles. The van der Waals surface area contributed by atoms with Gasteiger partial charge in [0, 0.05) is 0 Å². The minimum atomic E-state index is -3.12. The van der Waals surface area contributed by atoms with Gasteiger partial charge < -0.3 is 0 Å². The Morgan fingerprint density at radius 2 is 1.50 bits per heavy atom. The molecule has 0 amide bonds. The van der Waals surface area contributed by atoms with Crippen LogP contribution in [0.2, 0.25) is 0 Å². The minimum Gasteiger partial charge on any atom is -0.237 e. The average Bonchev–Trinajstić information content (AvgIpc) is 2.18. The number of halogens is 8. The fourth-order valence-corrected chi connectivity index (χ4v) is 0.345. The van der Waals surface area contributed by atoms with Gasteiger partial charge in [0.15, 0.2) is 6.17 Å². The largest absolute Gasteiger partial charge is 0.272 e. The van der Waals surface area contributed by atoms with Crippen molar-refractivity contribution in [3.8, 4) is 0 Å². The first kappa shape index (κ1) is 17.3. The topological polar surface area (TPSA) is 0 Å². The van der Waals surface area contributed by atoms with Crippen molar-refractivity contribution in [2.75, 3.05) is 0 Å². The lowest BCUT2D eigenvalue weighted by atomic mass is 10.4. The quantitative estimate of drug-likeness (QED) is 0.650. The van der Waals surface area contributed by atoms with Crippen LogP contribution < -0.4 is 0 Å². The maximum Gasteiger partial charge on any atom is 0.272 e. The van der Waals surface area contributed by atoms with E-state index in [0.717, 1.165) is 0 Å². The first-order valence-corrected chi connectivity index (χ1v) is 3.77. The van der Waals surface area contributed by atoms with Crippen LogP contribution in [0.4, 0.5) is 35.1 Å². The Morgan fingerprint density at radius 3 is 1.62 bits per heavy atom. The maximum absolute atomic E-state index is 11.4. The standard InChI is InChI=1S/2C4H4F4/c5-2-3(6)1-4(7)8;5-2-1-3(6)4(7)8/h2,4H,1H2;1-4H. The summed E-state index contributed by atoms with van der Waals surface area (Å²) in [7, 11) is 0. The van der Waals surface area contributed by atoms with Gasteiger partial charge in [-0.25, -0.2) is 35.1 Å². The van der Waals surface area contributed by atoms with E-state index in [-0.39, 0.29) is 12.4 Å². The van der Waals surface area contributed by atoms with Gasteiger partial charge in [0.1, 0.15) is 12.2 Å². The molecule has 0 aromatic rings. The van der Waals surface area contributed by atoms with Gasteiger partial charge in [-0.15, -0.1) is 0 Å². The van der Waals surface area contributed by atoms with Crippen LogP contribution in [0.3, 0.4) is 0 Å². The Hall–Kier alpha value is -1.08. The Kier molecular flexibility index (Phi) is 11.3. The van der Waals surface area contributed by atoms with E-state index >= 15 is 0 Å². The molecule has 0 aliphatic heterocycles. The van der Waals surface area contributed by atoms with Crippen LogP contribution in [-0.4, -0.2) is 19.0 Å². The summed E-state index contributed by atoms with van der Waals surface area (Å²) in [6, 6.07) is 0. The lowest BCUT2D eigenvalue weighted by molar-refractivity contribution is 0.0745. The highest BCUT2D eigenvalue weighted by Crippen LogP contribution is 2.10. The Labute approximate surface area is 86.2 Å². The van der Waals surface area contributed by atoms with E-state index in [9.17, 15) is 35.1 Å². The molecule has 0 bridgehead atoms. The van der Waals surface area contributed by atoms with Gasteiger partial charge in [-0.3, -0.25) is 0 Å². The van der Waals surface area contributed by atoms with Crippen molar-refractivity contribution in [2.45, 2.75) is 25.4 Å². The summed E-state index contributed by atoms with van der Waals surface area (Å²) in [4.78, 5) is 0. The number of rotatable bonds is 4.